The molecule has 7 heteroatoms. The highest BCUT2D eigenvalue weighted by molar-refractivity contribution is 7.99. The van der Waals surface area contributed by atoms with Crippen LogP contribution in [0.1, 0.15) is 11.5 Å². The van der Waals surface area contributed by atoms with E-state index in [9.17, 15) is 9.90 Å². The molecule has 0 aliphatic rings. The fourth-order valence-electron chi connectivity index (χ4n) is 1.43. The Labute approximate surface area is 125 Å². The van der Waals surface area contributed by atoms with E-state index in [1.54, 1.807) is 6.07 Å². The summed E-state index contributed by atoms with van der Waals surface area (Å²) in [5, 5.41) is 13.1. The van der Waals surface area contributed by atoms with Crippen LogP contribution in [-0.2, 0) is 4.79 Å². The van der Waals surface area contributed by atoms with E-state index in [1.807, 2.05) is 13.8 Å². The van der Waals surface area contributed by atoms with Gasteiger partial charge >= 0.3 is 0 Å². The molecule has 2 rings (SSSR count). The van der Waals surface area contributed by atoms with Crippen LogP contribution in [0.25, 0.3) is 0 Å². The summed E-state index contributed by atoms with van der Waals surface area (Å²) < 4.78 is 5.36. The highest BCUT2D eigenvalue weighted by atomic mass is 35.5. The first kappa shape index (κ1) is 14.7. The number of hydrogen-bond acceptors (Lipinski definition) is 5. The van der Waals surface area contributed by atoms with E-state index >= 15 is 0 Å². The Morgan fingerprint density at radius 1 is 1.50 bits per heavy atom. The van der Waals surface area contributed by atoms with Gasteiger partial charge in [-0.1, -0.05) is 23.4 Å². The van der Waals surface area contributed by atoms with Crippen LogP contribution in [0.4, 0.5) is 5.69 Å². The molecule has 0 radical (unpaired) electrons. The largest absolute Gasteiger partial charge is 0.506 e. The number of halogens is 1. The van der Waals surface area contributed by atoms with Gasteiger partial charge in [0.1, 0.15) is 11.5 Å². The summed E-state index contributed by atoms with van der Waals surface area (Å²) in [6.45, 7) is 3.66. The van der Waals surface area contributed by atoms with Crippen LogP contribution >= 0.6 is 23.4 Å². The molecule has 106 valence electrons. The number of carbonyl (C=O) groups excluding carboxylic acids is 1. The highest BCUT2D eigenvalue weighted by Gasteiger charge is 2.11. The molecule has 2 aromatic rings. The first-order valence-corrected chi connectivity index (χ1v) is 7.17. The molecule has 0 fully saturated rings. The molecule has 0 aliphatic heterocycles. The van der Waals surface area contributed by atoms with Crippen molar-refractivity contribution in [1.29, 1.82) is 0 Å². The van der Waals surface area contributed by atoms with Gasteiger partial charge in [0.25, 0.3) is 5.22 Å². The summed E-state index contributed by atoms with van der Waals surface area (Å²) >= 11 is 6.99. The van der Waals surface area contributed by atoms with Crippen LogP contribution in [0.5, 0.6) is 5.75 Å². The van der Waals surface area contributed by atoms with Crippen molar-refractivity contribution in [1.82, 2.24) is 4.98 Å². The van der Waals surface area contributed by atoms with Crippen LogP contribution in [0.2, 0.25) is 5.02 Å². The number of aryl methyl sites for hydroxylation is 2. The number of carbonyl (C=O) groups is 1. The number of hydrogen-bond donors (Lipinski definition) is 2. The number of amides is 1. The van der Waals surface area contributed by atoms with Crippen LogP contribution in [-0.4, -0.2) is 21.8 Å². The maximum atomic E-state index is 11.8. The van der Waals surface area contributed by atoms with Gasteiger partial charge < -0.3 is 14.8 Å². The molecule has 20 heavy (non-hydrogen) atoms. The van der Waals surface area contributed by atoms with Crippen LogP contribution in [0.15, 0.2) is 27.8 Å². The van der Waals surface area contributed by atoms with Crippen molar-refractivity contribution in [3.63, 3.8) is 0 Å². The van der Waals surface area contributed by atoms with Gasteiger partial charge in [0.2, 0.25) is 5.91 Å². The Kier molecular flexibility index (Phi) is 4.57. The number of nitrogens with one attached hydrogen (secondary N) is 1. The number of oxazole rings is 1. The van der Waals surface area contributed by atoms with Crippen molar-refractivity contribution in [3.8, 4) is 5.75 Å². The molecule has 2 N–H and O–H groups in total. The summed E-state index contributed by atoms with van der Waals surface area (Å²) in [6.07, 6.45) is 0. The molecule has 0 saturated carbocycles. The van der Waals surface area contributed by atoms with Gasteiger partial charge in [0, 0.05) is 5.02 Å². The maximum absolute atomic E-state index is 11.8. The topological polar surface area (TPSA) is 75.4 Å². The first-order chi connectivity index (χ1) is 9.45. The van der Waals surface area contributed by atoms with Gasteiger partial charge in [0.15, 0.2) is 0 Å². The lowest BCUT2D eigenvalue weighted by Crippen LogP contribution is -2.14. The molecule has 5 nitrogen and oxygen atoms in total. The summed E-state index contributed by atoms with van der Waals surface area (Å²) in [4.78, 5) is 16.0. The molecular weight excluding hydrogens is 300 g/mol. The van der Waals surface area contributed by atoms with E-state index in [0.29, 0.717) is 10.2 Å². The number of aromatic nitrogens is 1. The van der Waals surface area contributed by atoms with Crippen LogP contribution in [0.3, 0.4) is 0 Å². The summed E-state index contributed by atoms with van der Waals surface area (Å²) in [5.41, 5.74) is 1.09. The Bertz CT molecular complexity index is 623. The number of phenolic OH excluding ortho intramolecular Hbond substituents is 1. The minimum Gasteiger partial charge on any atom is -0.506 e. The monoisotopic (exact) mass is 312 g/mol. The van der Waals surface area contributed by atoms with Crippen molar-refractivity contribution in [2.75, 3.05) is 11.1 Å². The van der Waals surface area contributed by atoms with Crippen LogP contribution in [0, 0.1) is 13.8 Å². The third kappa shape index (κ3) is 3.68. The minimum atomic E-state index is -0.277. The summed E-state index contributed by atoms with van der Waals surface area (Å²) in [6, 6.07) is 4.45. The van der Waals surface area contributed by atoms with E-state index in [4.69, 9.17) is 16.0 Å². The Balaban J connectivity index is 1.94. The van der Waals surface area contributed by atoms with E-state index in [-0.39, 0.29) is 23.1 Å². The van der Waals surface area contributed by atoms with E-state index in [1.165, 1.54) is 23.9 Å². The lowest BCUT2D eigenvalue weighted by atomic mass is 10.3. The lowest BCUT2D eigenvalue weighted by molar-refractivity contribution is -0.113. The lowest BCUT2D eigenvalue weighted by Gasteiger charge is -2.06. The summed E-state index contributed by atoms with van der Waals surface area (Å²) in [5.74, 6) is 0.558. The first-order valence-electron chi connectivity index (χ1n) is 5.81. The number of anilines is 1. The molecule has 1 heterocycles. The smallest absolute Gasteiger partial charge is 0.256 e. The molecule has 0 saturated heterocycles. The minimum absolute atomic E-state index is 0.0319. The van der Waals surface area contributed by atoms with Gasteiger partial charge in [0.05, 0.1) is 17.1 Å². The highest BCUT2D eigenvalue weighted by Crippen LogP contribution is 2.27. The zero-order valence-electron chi connectivity index (χ0n) is 10.9. The molecule has 0 atom stereocenters. The van der Waals surface area contributed by atoms with Gasteiger partial charge in [-0.15, -0.1) is 0 Å². The van der Waals surface area contributed by atoms with E-state index in [2.05, 4.69) is 10.3 Å². The predicted octanol–water partition coefficient (Wildman–Crippen LogP) is 3.38. The molecule has 0 bridgehead atoms. The van der Waals surface area contributed by atoms with Gasteiger partial charge in [-0.2, -0.15) is 0 Å². The standard InChI is InChI=1S/C13H13ClN2O3S/c1-7-8(2)19-13(15-7)20-6-12(18)16-10-5-9(14)3-4-11(10)17/h3-5,17H,6H2,1-2H3,(H,16,18). The van der Waals surface area contributed by atoms with Gasteiger partial charge in [-0.05, 0) is 32.0 Å². The van der Waals surface area contributed by atoms with Crippen molar-refractivity contribution >= 4 is 35.0 Å². The number of aromatic hydroxyl groups is 1. The van der Waals surface area contributed by atoms with Crippen LogP contribution < -0.4 is 5.32 Å². The van der Waals surface area contributed by atoms with E-state index < -0.39 is 0 Å². The Morgan fingerprint density at radius 3 is 2.90 bits per heavy atom. The molecule has 1 amide bonds. The zero-order chi connectivity index (χ0) is 14.7. The van der Waals surface area contributed by atoms with Gasteiger partial charge in [-0.25, -0.2) is 4.98 Å². The Morgan fingerprint density at radius 2 is 2.25 bits per heavy atom. The quantitative estimate of drug-likeness (QED) is 0.668. The number of nitrogens with zero attached hydrogens (tertiary/aromatic N) is 1. The molecular formula is C13H13ClN2O3S. The summed E-state index contributed by atoms with van der Waals surface area (Å²) in [7, 11) is 0. The number of benzene rings is 1. The fraction of sp³-hybridized carbons (Fsp3) is 0.231. The molecule has 0 aliphatic carbocycles. The zero-order valence-corrected chi connectivity index (χ0v) is 12.5. The van der Waals surface area contributed by atoms with Crippen molar-refractivity contribution in [3.05, 3.63) is 34.7 Å². The average Bonchev–Trinajstić information content (AvgIpc) is 2.71. The van der Waals surface area contributed by atoms with Crippen molar-refractivity contribution < 1.29 is 14.3 Å². The number of thioether (sulfide) groups is 1. The third-order valence-electron chi connectivity index (χ3n) is 2.57. The molecule has 0 spiro atoms. The predicted molar refractivity (Wildman–Crippen MR) is 78.4 cm³/mol. The van der Waals surface area contributed by atoms with E-state index in [0.717, 1.165) is 11.5 Å². The maximum Gasteiger partial charge on any atom is 0.256 e. The fourth-order valence-corrected chi connectivity index (χ4v) is 2.31. The number of rotatable bonds is 4. The molecule has 1 aromatic heterocycles. The average molecular weight is 313 g/mol. The molecule has 0 unspecified atom stereocenters. The van der Waals surface area contributed by atoms with Gasteiger partial charge in [-0.3, -0.25) is 4.79 Å². The second kappa shape index (κ2) is 6.19. The normalized spacial score (nSPS) is 10.6. The SMILES string of the molecule is Cc1nc(SCC(=O)Nc2cc(Cl)ccc2O)oc1C. The third-order valence-corrected chi connectivity index (χ3v) is 3.63. The Hall–Kier alpha value is -1.66. The van der Waals surface area contributed by atoms with Crippen molar-refractivity contribution in [2.24, 2.45) is 0 Å². The molecule has 1 aromatic carbocycles. The second-order valence-electron chi connectivity index (χ2n) is 4.12. The number of phenols is 1. The second-order valence-corrected chi connectivity index (χ2v) is 5.48. The van der Waals surface area contributed by atoms with Crippen molar-refractivity contribution in [2.45, 2.75) is 19.1 Å².